The maximum atomic E-state index is 12.9. The molecule has 0 bridgehead atoms. The summed E-state index contributed by atoms with van der Waals surface area (Å²) in [5.41, 5.74) is 3.36. The van der Waals surface area contributed by atoms with E-state index in [1.807, 2.05) is 7.05 Å². The fraction of sp³-hybridized carbons (Fsp3) is 0.500. The second-order valence-electron chi connectivity index (χ2n) is 5.20. The first kappa shape index (κ1) is 15.6. The average Bonchev–Trinajstić information content (AvgIpc) is 2.35. The molecule has 1 aliphatic carbocycles. The second kappa shape index (κ2) is 5.93. The summed E-state index contributed by atoms with van der Waals surface area (Å²) in [4.78, 5) is 11.1. The monoisotopic (exact) mass is 302 g/mol. The van der Waals surface area contributed by atoms with Crippen molar-refractivity contribution in [1.82, 2.24) is 5.32 Å². The average molecular weight is 302 g/mol. The van der Waals surface area contributed by atoms with Gasteiger partial charge < -0.3 is 15.8 Å². The molecule has 21 heavy (non-hydrogen) atoms. The van der Waals surface area contributed by atoms with Crippen LogP contribution < -0.4 is 15.8 Å². The maximum Gasteiger partial charge on any atom is 0.417 e. The first-order valence-electron chi connectivity index (χ1n) is 6.63. The van der Waals surface area contributed by atoms with E-state index in [0.29, 0.717) is 5.92 Å². The molecule has 1 aromatic rings. The highest BCUT2D eigenvalue weighted by molar-refractivity contribution is 5.94. The third-order valence-corrected chi connectivity index (χ3v) is 3.55. The summed E-state index contributed by atoms with van der Waals surface area (Å²) in [7, 11) is 1.85. The summed E-state index contributed by atoms with van der Waals surface area (Å²) < 4.78 is 44.3. The van der Waals surface area contributed by atoms with Crippen LogP contribution in [0.5, 0.6) is 5.75 Å². The van der Waals surface area contributed by atoms with Gasteiger partial charge in [0, 0.05) is 0 Å². The molecule has 4 nitrogen and oxygen atoms in total. The van der Waals surface area contributed by atoms with Crippen molar-refractivity contribution < 1.29 is 22.7 Å². The molecule has 2 rings (SSSR count). The molecule has 1 fully saturated rings. The predicted molar refractivity (Wildman–Crippen MR) is 71.0 cm³/mol. The molecule has 0 heterocycles. The Kier molecular flexibility index (Phi) is 4.41. The number of ether oxygens (including phenoxy) is 1. The van der Waals surface area contributed by atoms with Crippen molar-refractivity contribution in [3.05, 3.63) is 29.3 Å². The van der Waals surface area contributed by atoms with Crippen LogP contribution >= 0.6 is 0 Å². The zero-order valence-corrected chi connectivity index (χ0v) is 11.5. The van der Waals surface area contributed by atoms with E-state index in [2.05, 4.69) is 5.32 Å². The van der Waals surface area contributed by atoms with Gasteiger partial charge in [-0.3, -0.25) is 4.79 Å². The van der Waals surface area contributed by atoms with E-state index in [1.54, 1.807) is 0 Å². The Labute approximate surface area is 120 Å². The lowest BCUT2D eigenvalue weighted by molar-refractivity contribution is -0.138. The zero-order chi connectivity index (χ0) is 15.6. The van der Waals surface area contributed by atoms with Crippen LogP contribution in [0.15, 0.2) is 18.2 Å². The molecule has 0 unspecified atom stereocenters. The van der Waals surface area contributed by atoms with Crippen LogP contribution in [0.1, 0.15) is 28.8 Å². The summed E-state index contributed by atoms with van der Waals surface area (Å²) >= 11 is 0. The summed E-state index contributed by atoms with van der Waals surface area (Å²) in [6.07, 6.45) is -3.11. The third kappa shape index (κ3) is 3.66. The number of benzene rings is 1. The van der Waals surface area contributed by atoms with Gasteiger partial charge in [-0.15, -0.1) is 0 Å². The lowest BCUT2D eigenvalue weighted by Gasteiger charge is -2.35. The molecule has 1 saturated carbocycles. The number of carbonyl (C=O) groups is 1. The van der Waals surface area contributed by atoms with Crippen LogP contribution in [0.3, 0.4) is 0 Å². The highest BCUT2D eigenvalue weighted by Crippen LogP contribution is 2.36. The predicted octanol–water partition coefficient (Wildman–Crippen LogP) is 2.18. The summed E-state index contributed by atoms with van der Waals surface area (Å²) in [6.45, 7) is 0.869. The number of alkyl halides is 3. The van der Waals surface area contributed by atoms with Gasteiger partial charge in [0.05, 0.1) is 17.2 Å². The van der Waals surface area contributed by atoms with Crippen molar-refractivity contribution in [2.75, 3.05) is 13.6 Å². The Morgan fingerprint density at radius 2 is 2.10 bits per heavy atom. The van der Waals surface area contributed by atoms with Crippen molar-refractivity contribution in [1.29, 1.82) is 0 Å². The summed E-state index contributed by atoms with van der Waals surface area (Å²) in [5.74, 6) is -0.501. The normalized spacial score (nSPS) is 21.7. The smallest absolute Gasteiger partial charge is 0.417 e. The molecule has 0 atom stereocenters. The quantitative estimate of drug-likeness (QED) is 0.876. The minimum absolute atomic E-state index is 0.0798. The number of carbonyl (C=O) groups excluding carboxylic acids is 1. The van der Waals surface area contributed by atoms with Crippen LogP contribution in [-0.4, -0.2) is 25.6 Å². The highest BCUT2D eigenvalue weighted by Gasteiger charge is 2.36. The van der Waals surface area contributed by atoms with Crippen LogP contribution in [0.25, 0.3) is 0 Å². The molecule has 116 valence electrons. The molecule has 1 aromatic carbocycles. The third-order valence-electron chi connectivity index (χ3n) is 3.55. The van der Waals surface area contributed by atoms with E-state index in [-0.39, 0.29) is 11.9 Å². The van der Waals surface area contributed by atoms with Crippen molar-refractivity contribution in [3.8, 4) is 5.75 Å². The molecule has 3 N–H and O–H groups in total. The number of hydrogen-bond acceptors (Lipinski definition) is 3. The van der Waals surface area contributed by atoms with Gasteiger partial charge in [-0.05, 0) is 50.6 Å². The van der Waals surface area contributed by atoms with Crippen molar-refractivity contribution in [3.63, 3.8) is 0 Å². The first-order valence-corrected chi connectivity index (χ1v) is 6.63. The van der Waals surface area contributed by atoms with E-state index in [0.717, 1.165) is 31.5 Å². The molecule has 0 aromatic heterocycles. The number of halogens is 3. The van der Waals surface area contributed by atoms with E-state index < -0.39 is 23.2 Å². The van der Waals surface area contributed by atoms with Crippen molar-refractivity contribution in [2.45, 2.75) is 25.1 Å². The van der Waals surface area contributed by atoms with Gasteiger partial charge in [-0.1, -0.05) is 0 Å². The largest absolute Gasteiger partial charge is 0.490 e. The number of hydrogen-bond donors (Lipinski definition) is 2. The Hall–Kier alpha value is -1.76. The number of primary amides is 1. The van der Waals surface area contributed by atoms with Crippen LogP contribution in [0.4, 0.5) is 13.2 Å². The SMILES string of the molecule is CNCC1CC(Oc2ccc(C(N)=O)c(C(F)(F)F)c2)C1. The first-order chi connectivity index (χ1) is 9.81. The molecular weight excluding hydrogens is 285 g/mol. The van der Waals surface area contributed by atoms with Crippen molar-refractivity contribution >= 4 is 5.91 Å². The van der Waals surface area contributed by atoms with Crippen LogP contribution in [-0.2, 0) is 6.18 Å². The molecule has 0 saturated heterocycles. The number of rotatable bonds is 5. The van der Waals surface area contributed by atoms with Gasteiger partial charge in [0.1, 0.15) is 5.75 Å². The fourth-order valence-electron chi connectivity index (χ4n) is 2.46. The molecule has 1 amide bonds. The minimum Gasteiger partial charge on any atom is -0.490 e. The fourth-order valence-corrected chi connectivity index (χ4v) is 2.46. The Morgan fingerprint density at radius 1 is 1.43 bits per heavy atom. The molecule has 0 aliphatic heterocycles. The Balaban J connectivity index is 2.10. The molecule has 1 aliphatic rings. The lowest BCUT2D eigenvalue weighted by atomic mass is 9.82. The zero-order valence-electron chi connectivity index (χ0n) is 11.5. The van der Waals surface area contributed by atoms with Gasteiger partial charge in [0.2, 0.25) is 5.91 Å². The van der Waals surface area contributed by atoms with E-state index in [4.69, 9.17) is 10.5 Å². The van der Waals surface area contributed by atoms with Gasteiger partial charge in [0.25, 0.3) is 0 Å². The van der Waals surface area contributed by atoms with E-state index >= 15 is 0 Å². The summed E-state index contributed by atoms with van der Waals surface area (Å²) in [5, 5.41) is 3.05. The van der Waals surface area contributed by atoms with Gasteiger partial charge in [-0.25, -0.2) is 0 Å². The van der Waals surface area contributed by atoms with Crippen LogP contribution in [0.2, 0.25) is 0 Å². The van der Waals surface area contributed by atoms with Gasteiger partial charge in [0.15, 0.2) is 0 Å². The van der Waals surface area contributed by atoms with Crippen LogP contribution in [0, 0.1) is 5.92 Å². The maximum absolute atomic E-state index is 12.9. The van der Waals surface area contributed by atoms with Crippen molar-refractivity contribution in [2.24, 2.45) is 11.7 Å². The Morgan fingerprint density at radius 3 is 2.62 bits per heavy atom. The number of nitrogens with one attached hydrogen (secondary N) is 1. The summed E-state index contributed by atoms with van der Waals surface area (Å²) in [6, 6.07) is 3.25. The molecule has 7 heteroatoms. The number of nitrogens with two attached hydrogens (primary N) is 1. The van der Waals surface area contributed by atoms with Gasteiger partial charge in [-0.2, -0.15) is 13.2 Å². The topological polar surface area (TPSA) is 64.3 Å². The highest BCUT2D eigenvalue weighted by atomic mass is 19.4. The molecule has 0 radical (unpaired) electrons. The minimum atomic E-state index is -4.64. The standard InChI is InChI=1S/C14H17F3N2O2/c1-19-7-8-4-10(5-8)21-9-2-3-11(13(18)20)12(6-9)14(15,16)17/h2-3,6,8,10,19H,4-5,7H2,1H3,(H2,18,20). The number of amides is 1. The Bertz CT molecular complexity index is 525. The lowest BCUT2D eigenvalue weighted by Crippen LogP contribution is -2.38. The van der Waals surface area contributed by atoms with E-state index in [1.165, 1.54) is 6.07 Å². The molecule has 0 spiro atoms. The second-order valence-corrected chi connectivity index (χ2v) is 5.20. The van der Waals surface area contributed by atoms with Gasteiger partial charge >= 0.3 is 6.18 Å². The van der Waals surface area contributed by atoms with E-state index in [9.17, 15) is 18.0 Å². The molecular formula is C14H17F3N2O2.